The third-order valence-corrected chi connectivity index (χ3v) is 4.71. The van der Waals surface area contributed by atoms with Crippen molar-refractivity contribution < 1.29 is 9.84 Å². The van der Waals surface area contributed by atoms with E-state index in [0.29, 0.717) is 5.75 Å². The van der Waals surface area contributed by atoms with E-state index in [1.165, 1.54) is 11.8 Å². The van der Waals surface area contributed by atoms with Crippen molar-refractivity contribution in [2.45, 2.75) is 25.0 Å². The van der Waals surface area contributed by atoms with Crippen molar-refractivity contribution in [3.05, 3.63) is 59.9 Å². The molecule has 0 radical (unpaired) electrons. The number of aliphatic hydroxyl groups excluding tert-OH is 1. The van der Waals surface area contributed by atoms with Crippen LogP contribution in [-0.4, -0.2) is 33.5 Å². The van der Waals surface area contributed by atoms with Crippen LogP contribution in [0, 0.1) is 13.8 Å². The molecular formula is C19H20N2O2S. The fourth-order valence-electron chi connectivity index (χ4n) is 2.53. The Morgan fingerprint density at radius 3 is 2.62 bits per heavy atom. The Hall–Kier alpha value is -2.11. The van der Waals surface area contributed by atoms with Crippen LogP contribution in [0.4, 0.5) is 0 Å². The van der Waals surface area contributed by atoms with Gasteiger partial charge in [-0.1, -0.05) is 24.3 Å². The molecule has 0 spiro atoms. The highest BCUT2D eigenvalue weighted by Gasteiger charge is 2.10. The molecule has 3 rings (SSSR count). The molecule has 0 amide bonds. The molecule has 0 aliphatic heterocycles. The van der Waals surface area contributed by atoms with Gasteiger partial charge >= 0.3 is 0 Å². The van der Waals surface area contributed by atoms with E-state index in [2.05, 4.69) is 16.0 Å². The zero-order valence-electron chi connectivity index (χ0n) is 13.8. The average Bonchev–Trinajstić information content (AvgIpc) is 2.57. The zero-order valence-corrected chi connectivity index (χ0v) is 14.6. The van der Waals surface area contributed by atoms with Crippen molar-refractivity contribution in [3.8, 4) is 5.75 Å². The van der Waals surface area contributed by atoms with E-state index in [1.54, 1.807) is 6.33 Å². The van der Waals surface area contributed by atoms with Crippen LogP contribution >= 0.6 is 11.8 Å². The summed E-state index contributed by atoms with van der Waals surface area (Å²) in [5, 5.41) is 12.1. The minimum atomic E-state index is -0.565. The maximum atomic E-state index is 10.2. The summed E-state index contributed by atoms with van der Waals surface area (Å²) >= 11 is 1.52. The molecule has 0 aliphatic carbocycles. The van der Waals surface area contributed by atoms with Gasteiger partial charge in [0.2, 0.25) is 0 Å². The summed E-state index contributed by atoms with van der Waals surface area (Å²) in [6.07, 6.45) is 0.993. The Morgan fingerprint density at radius 1 is 1.08 bits per heavy atom. The van der Waals surface area contributed by atoms with Crippen LogP contribution in [-0.2, 0) is 0 Å². The second kappa shape index (κ2) is 7.64. The number of nitrogens with zero attached hydrogens (tertiary/aromatic N) is 2. The van der Waals surface area contributed by atoms with Crippen LogP contribution in [0.5, 0.6) is 5.75 Å². The average molecular weight is 340 g/mol. The van der Waals surface area contributed by atoms with Crippen molar-refractivity contribution >= 4 is 22.7 Å². The fraction of sp³-hybridized carbons (Fsp3) is 0.263. The first-order valence-electron chi connectivity index (χ1n) is 7.83. The number of benzene rings is 2. The van der Waals surface area contributed by atoms with E-state index >= 15 is 0 Å². The molecule has 5 heteroatoms. The van der Waals surface area contributed by atoms with E-state index in [4.69, 9.17) is 4.74 Å². The lowest BCUT2D eigenvalue weighted by atomic mass is 10.1. The predicted molar refractivity (Wildman–Crippen MR) is 97.7 cm³/mol. The minimum absolute atomic E-state index is 0.263. The van der Waals surface area contributed by atoms with Crippen LogP contribution in [0.3, 0.4) is 0 Å². The smallest absolute Gasteiger partial charge is 0.119 e. The molecule has 1 aromatic heterocycles. The number of aryl methyl sites for hydroxylation is 2. The van der Waals surface area contributed by atoms with E-state index in [0.717, 1.165) is 32.8 Å². The van der Waals surface area contributed by atoms with Crippen molar-refractivity contribution in [1.82, 2.24) is 9.97 Å². The number of hydrogen-bond acceptors (Lipinski definition) is 5. The summed E-state index contributed by atoms with van der Waals surface area (Å²) in [6, 6.07) is 13.9. The van der Waals surface area contributed by atoms with E-state index < -0.39 is 6.10 Å². The lowest BCUT2D eigenvalue weighted by Crippen LogP contribution is -2.20. The predicted octanol–water partition coefficient (Wildman–Crippen LogP) is 3.78. The van der Waals surface area contributed by atoms with Crippen molar-refractivity contribution in [1.29, 1.82) is 0 Å². The van der Waals surface area contributed by atoms with Crippen LogP contribution in [0.1, 0.15) is 11.1 Å². The van der Waals surface area contributed by atoms with Crippen molar-refractivity contribution in [3.63, 3.8) is 0 Å². The molecular weight excluding hydrogens is 320 g/mol. The van der Waals surface area contributed by atoms with Gasteiger partial charge in [-0.2, -0.15) is 0 Å². The van der Waals surface area contributed by atoms with Gasteiger partial charge in [0.05, 0.1) is 11.6 Å². The lowest BCUT2D eigenvalue weighted by molar-refractivity contribution is 0.126. The number of thioether (sulfide) groups is 1. The second-order valence-electron chi connectivity index (χ2n) is 5.80. The molecule has 0 saturated heterocycles. The number of para-hydroxylation sites is 1. The topological polar surface area (TPSA) is 55.2 Å². The molecule has 1 N–H and O–H groups in total. The van der Waals surface area contributed by atoms with Gasteiger partial charge in [0.15, 0.2) is 0 Å². The number of hydrogen-bond donors (Lipinski definition) is 1. The molecule has 2 aromatic carbocycles. The lowest BCUT2D eigenvalue weighted by Gasteiger charge is -2.13. The maximum absolute atomic E-state index is 10.2. The molecule has 0 fully saturated rings. The van der Waals surface area contributed by atoms with Gasteiger partial charge < -0.3 is 9.84 Å². The Kier molecular flexibility index (Phi) is 5.33. The summed E-state index contributed by atoms with van der Waals surface area (Å²) in [4.78, 5) is 8.57. The van der Waals surface area contributed by atoms with Crippen LogP contribution in [0.15, 0.2) is 53.8 Å². The molecule has 0 bridgehead atoms. The molecule has 0 aliphatic rings. The van der Waals surface area contributed by atoms with Gasteiger partial charge in [-0.25, -0.2) is 9.97 Å². The van der Waals surface area contributed by atoms with Crippen LogP contribution < -0.4 is 4.74 Å². The molecule has 4 nitrogen and oxygen atoms in total. The van der Waals surface area contributed by atoms with Gasteiger partial charge in [0.25, 0.3) is 0 Å². The number of rotatable bonds is 6. The number of aliphatic hydroxyl groups is 1. The number of aromatic nitrogens is 2. The number of ether oxygens (including phenoxy) is 1. The Balaban J connectivity index is 1.58. The zero-order chi connectivity index (χ0) is 16.9. The number of fused-ring (bicyclic) bond motifs is 1. The maximum Gasteiger partial charge on any atom is 0.119 e. The first-order valence-corrected chi connectivity index (χ1v) is 8.82. The summed E-state index contributed by atoms with van der Waals surface area (Å²) in [5.74, 6) is 1.32. The molecule has 1 heterocycles. The van der Waals surface area contributed by atoms with Crippen LogP contribution in [0.25, 0.3) is 10.9 Å². The highest BCUT2D eigenvalue weighted by atomic mass is 32.2. The Morgan fingerprint density at radius 2 is 1.83 bits per heavy atom. The Bertz CT molecular complexity index is 813. The molecule has 0 unspecified atom stereocenters. The largest absolute Gasteiger partial charge is 0.491 e. The van der Waals surface area contributed by atoms with E-state index in [1.807, 2.05) is 50.2 Å². The van der Waals surface area contributed by atoms with Crippen molar-refractivity contribution in [2.24, 2.45) is 0 Å². The highest BCUT2D eigenvalue weighted by Crippen LogP contribution is 2.25. The molecule has 24 heavy (non-hydrogen) atoms. The van der Waals surface area contributed by atoms with E-state index in [9.17, 15) is 5.11 Å². The molecule has 3 aromatic rings. The minimum Gasteiger partial charge on any atom is -0.491 e. The SMILES string of the molecule is Cc1cc(C)cc(OC[C@@H](O)CSc2ncnc3ccccc23)c1. The molecule has 1 atom stereocenters. The monoisotopic (exact) mass is 340 g/mol. The summed E-state index contributed by atoms with van der Waals surface area (Å²) in [5.41, 5.74) is 3.22. The Labute approximate surface area is 145 Å². The first kappa shape index (κ1) is 16.7. The third kappa shape index (κ3) is 4.24. The van der Waals surface area contributed by atoms with Gasteiger partial charge in [-0.05, 0) is 43.2 Å². The summed E-state index contributed by atoms with van der Waals surface area (Å²) in [7, 11) is 0. The summed E-state index contributed by atoms with van der Waals surface area (Å²) in [6.45, 7) is 4.33. The second-order valence-corrected chi connectivity index (χ2v) is 6.80. The highest BCUT2D eigenvalue weighted by molar-refractivity contribution is 7.99. The van der Waals surface area contributed by atoms with Crippen molar-refractivity contribution in [2.75, 3.05) is 12.4 Å². The first-order chi connectivity index (χ1) is 11.6. The molecule has 124 valence electrons. The van der Waals surface area contributed by atoms with Gasteiger partial charge in [-0.3, -0.25) is 0 Å². The van der Waals surface area contributed by atoms with E-state index in [-0.39, 0.29) is 6.61 Å². The fourth-order valence-corrected chi connectivity index (χ4v) is 3.42. The van der Waals surface area contributed by atoms with Gasteiger partial charge in [0, 0.05) is 11.1 Å². The summed E-state index contributed by atoms with van der Waals surface area (Å²) < 4.78 is 5.71. The third-order valence-electron chi connectivity index (χ3n) is 3.56. The quantitative estimate of drug-likeness (QED) is 0.547. The normalized spacial score (nSPS) is 12.3. The van der Waals surface area contributed by atoms with Gasteiger partial charge in [-0.15, -0.1) is 11.8 Å². The van der Waals surface area contributed by atoms with Crippen LogP contribution in [0.2, 0.25) is 0 Å². The van der Waals surface area contributed by atoms with Gasteiger partial charge in [0.1, 0.15) is 23.7 Å². The standard InChI is InChI=1S/C19H20N2O2S/c1-13-7-14(2)9-16(8-13)23-10-15(22)11-24-19-17-5-3-4-6-18(17)20-12-21-19/h3-9,12,15,22H,10-11H2,1-2H3/t15-/m1/s1. The molecule has 0 saturated carbocycles.